The first-order chi connectivity index (χ1) is 8.72. The molecule has 1 aliphatic rings. The number of hydrogen-bond acceptors (Lipinski definition) is 5. The molecule has 1 aromatic heterocycles. The zero-order valence-electron chi connectivity index (χ0n) is 10.4. The van der Waals surface area contributed by atoms with Gasteiger partial charge in [-0.1, -0.05) is 0 Å². The Labute approximate surface area is 106 Å². The summed E-state index contributed by atoms with van der Waals surface area (Å²) in [7, 11) is 1.83. The predicted molar refractivity (Wildman–Crippen MR) is 68.0 cm³/mol. The summed E-state index contributed by atoms with van der Waals surface area (Å²) >= 11 is 0. The van der Waals surface area contributed by atoms with Crippen molar-refractivity contribution in [3.05, 3.63) is 23.9 Å². The van der Waals surface area contributed by atoms with E-state index in [0.29, 0.717) is 11.4 Å². The van der Waals surface area contributed by atoms with Gasteiger partial charge in [0.05, 0.1) is 5.56 Å². The van der Waals surface area contributed by atoms with Crippen molar-refractivity contribution in [2.75, 3.05) is 25.7 Å². The number of hydrogen-bond donors (Lipinski definition) is 2. The molecule has 0 aromatic carbocycles. The van der Waals surface area contributed by atoms with Crippen LogP contribution in [0.4, 0.5) is 5.82 Å². The summed E-state index contributed by atoms with van der Waals surface area (Å²) in [4.78, 5) is 18.0. The van der Waals surface area contributed by atoms with Crippen LogP contribution in [0.1, 0.15) is 23.2 Å². The molecule has 0 aliphatic carbocycles. The lowest BCUT2D eigenvalue weighted by Gasteiger charge is -2.31. The summed E-state index contributed by atoms with van der Waals surface area (Å²) in [6, 6.07) is 3.66. The largest absolute Gasteiger partial charge is 0.381 e. The summed E-state index contributed by atoms with van der Waals surface area (Å²) in [5.74, 6) is 5.76. The minimum Gasteiger partial charge on any atom is -0.381 e. The van der Waals surface area contributed by atoms with Crippen LogP contribution in [-0.2, 0) is 4.74 Å². The SMILES string of the molecule is CN(C(=O)c1ccc(NN)nc1)C1CCOCC1. The van der Waals surface area contributed by atoms with Gasteiger partial charge in [0.1, 0.15) is 5.82 Å². The van der Waals surface area contributed by atoms with Crippen molar-refractivity contribution >= 4 is 11.7 Å². The molecule has 3 N–H and O–H groups in total. The number of carbonyl (C=O) groups is 1. The van der Waals surface area contributed by atoms with Crippen molar-refractivity contribution in [1.29, 1.82) is 0 Å². The molecule has 1 saturated heterocycles. The number of pyridine rings is 1. The number of rotatable bonds is 3. The van der Waals surface area contributed by atoms with Gasteiger partial charge in [-0.15, -0.1) is 0 Å². The standard InChI is InChI=1S/C12H18N4O2/c1-16(10-4-6-18-7-5-10)12(17)9-2-3-11(15-13)14-8-9/h2-3,8,10H,4-7,13H2,1H3,(H,14,15). The van der Waals surface area contributed by atoms with E-state index in [-0.39, 0.29) is 11.9 Å². The van der Waals surface area contributed by atoms with Crippen molar-refractivity contribution < 1.29 is 9.53 Å². The number of nitrogens with zero attached hydrogens (tertiary/aromatic N) is 2. The molecule has 1 fully saturated rings. The van der Waals surface area contributed by atoms with Crippen molar-refractivity contribution in [3.8, 4) is 0 Å². The molecule has 0 bridgehead atoms. The highest BCUT2D eigenvalue weighted by Crippen LogP contribution is 2.15. The number of anilines is 1. The first-order valence-electron chi connectivity index (χ1n) is 6.00. The van der Waals surface area contributed by atoms with Gasteiger partial charge in [0.2, 0.25) is 0 Å². The predicted octanol–water partition coefficient (Wildman–Crippen LogP) is 0.618. The molecule has 0 atom stereocenters. The Morgan fingerprint density at radius 2 is 2.22 bits per heavy atom. The number of amides is 1. The topological polar surface area (TPSA) is 80.5 Å². The average Bonchev–Trinajstić information content (AvgIpc) is 2.47. The minimum atomic E-state index is -0.0158. The number of aromatic nitrogens is 1. The van der Waals surface area contributed by atoms with Gasteiger partial charge in [0.25, 0.3) is 5.91 Å². The summed E-state index contributed by atoms with van der Waals surface area (Å²) in [6.45, 7) is 1.44. The van der Waals surface area contributed by atoms with Crippen LogP contribution in [-0.4, -0.2) is 42.1 Å². The van der Waals surface area contributed by atoms with Crippen molar-refractivity contribution in [2.45, 2.75) is 18.9 Å². The fourth-order valence-electron chi connectivity index (χ4n) is 2.05. The van der Waals surface area contributed by atoms with Crippen LogP contribution in [0.15, 0.2) is 18.3 Å². The molecule has 0 saturated carbocycles. The highest BCUT2D eigenvalue weighted by molar-refractivity contribution is 5.94. The normalized spacial score (nSPS) is 16.3. The molecule has 0 radical (unpaired) electrons. The number of nitrogen functional groups attached to an aromatic ring is 1. The van der Waals surface area contributed by atoms with Crippen LogP contribution in [0.3, 0.4) is 0 Å². The van der Waals surface area contributed by atoms with E-state index >= 15 is 0 Å². The molecule has 0 unspecified atom stereocenters. The van der Waals surface area contributed by atoms with E-state index in [4.69, 9.17) is 10.6 Å². The van der Waals surface area contributed by atoms with Crippen molar-refractivity contribution in [2.24, 2.45) is 5.84 Å². The van der Waals surface area contributed by atoms with Gasteiger partial charge in [-0.25, -0.2) is 10.8 Å². The Morgan fingerprint density at radius 3 is 2.78 bits per heavy atom. The van der Waals surface area contributed by atoms with E-state index in [2.05, 4.69) is 10.4 Å². The first-order valence-corrected chi connectivity index (χ1v) is 6.00. The molecule has 1 amide bonds. The summed E-state index contributed by atoms with van der Waals surface area (Å²) < 4.78 is 5.29. The van der Waals surface area contributed by atoms with Crippen LogP contribution in [0.2, 0.25) is 0 Å². The smallest absolute Gasteiger partial charge is 0.255 e. The highest BCUT2D eigenvalue weighted by Gasteiger charge is 2.23. The summed E-state index contributed by atoms with van der Waals surface area (Å²) in [5, 5.41) is 0. The summed E-state index contributed by atoms with van der Waals surface area (Å²) in [6.07, 6.45) is 3.31. The molecule has 1 aromatic rings. The lowest BCUT2D eigenvalue weighted by atomic mass is 10.1. The molecule has 6 nitrogen and oxygen atoms in total. The maximum atomic E-state index is 12.2. The lowest BCUT2D eigenvalue weighted by molar-refractivity contribution is 0.0362. The monoisotopic (exact) mass is 250 g/mol. The Morgan fingerprint density at radius 1 is 1.50 bits per heavy atom. The molecular weight excluding hydrogens is 232 g/mol. The van der Waals surface area contributed by atoms with Gasteiger partial charge in [-0.05, 0) is 25.0 Å². The molecular formula is C12H18N4O2. The van der Waals surface area contributed by atoms with E-state index in [9.17, 15) is 4.79 Å². The molecule has 2 heterocycles. The van der Waals surface area contributed by atoms with E-state index in [1.54, 1.807) is 17.0 Å². The first kappa shape index (κ1) is 12.8. The lowest BCUT2D eigenvalue weighted by Crippen LogP contribution is -2.40. The van der Waals surface area contributed by atoms with E-state index in [1.165, 1.54) is 6.20 Å². The van der Waals surface area contributed by atoms with Gasteiger partial charge in [-0.3, -0.25) is 4.79 Å². The van der Waals surface area contributed by atoms with Crippen LogP contribution in [0.5, 0.6) is 0 Å². The fourth-order valence-corrected chi connectivity index (χ4v) is 2.05. The second kappa shape index (κ2) is 5.79. The number of nitrogens with two attached hydrogens (primary N) is 1. The Balaban J connectivity index is 2.04. The molecule has 18 heavy (non-hydrogen) atoms. The van der Waals surface area contributed by atoms with E-state index < -0.39 is 0 Å². The number of carbonyl (C=O) groups excluding carboxylic acids is 1. The van der Waals surface area contributed by atoms with Crippen LogP contribution in [0, 0.1) is 0 Å². The Hall–Kier alpha value is -1.66. The Bertz CT molecular complexity index is 401. The van der Waals surface area contributed by atoms with Gasteiger partial charge >= 0.3 is 0 Å². The third-order valence-electron chi connectivity index (χ3n) is 3.22. The van der Waals surface area contributed by atoms with Crippen molar-refractivity contribution in [1.82, 2.24) is 9.88 Å². The number of ether oxygens (including phenoxy) is 1. The molecule has 98 valence electrons. The number of hydrazine groups is 1. The quantitative estimate of drug-likeness (QED) is 0.607. The van der Waals surface area contributed by atoms with E-state index in [0.717, 1.165) is 26.1 Å². The maximum absolute atomic E-state index is 12.2. The van der Waals surface area contributed by atoms with Gasteiger partial charge in [0.15, 0.2) is 0 Å². The maximum Gasteiger partial charge on any atom is 0.255 e. The molecule has 0 spiro atoms. The van der Waals surface area contributed by atoms with E-state index in [1.807, 2.05) is 7.05 Å². The number of nitrogens with one attached hydrogen (secondary N) is 1. The third kappa shape index (κ3) is 2.77. The highest BCUT2D eigenvalue weighted by atomic mass is 16.5. The zero-order valence-corrected chi connectivity index (χ0v) is 10.4. The van der Waals surface area contributed by atoms with Crippen LogP contribution in [0.25, 0.3) is 0 Å². The summed E-state index contributed by atoms with van der Waals surface area (Å²) in [5.41, 5.74) is 3.01. The third-order valence-corrected chi connectivity index (χ3v) is 3.22. The van der Waals surface area contributed by atoms with Gasteiger partial charge in [-0.2, -0.15) is 0 Å². The average molecular weight is 250 g/mol. The zero-order chi connectivity index (χ0) is 13.0. The van der Waals surface area contributed by atoms with Gasteiger partial charge in [0, 0.05) is 32.5 Å². The molecule has 6 heteroatoms. The Kier molecular flexibility index (Phi) is 4.11. The fraction of sp³-hybridized carbons (Fsp3) is 0.500. The minimum absolute atomic E-state index is 0.0158. The van der Waals surface area contributed by atoms with Crippen LogP contribution < -0.4 is 11.3 Å². The van der Waals surface area contributed by atoms with Crippen molar-refractivity contribution in [3.63, 3.8) is 0 Å². The van der Waals surface area contributed by atoms with Crippen LogP contribution >= 0.6 is 0 Å². The molecule has 2 rings (SSSR count). The molecule has 1 aliphatic heterocycles. The van der Waals surface area contributed by atoms with Gasteiger partial charge < -0.3 is 15.1 Å². The second-order valence-corrected chi connectivity index (χ2v) is 4.34. The second-order valence-electron chi connectivity index (χ2n) is 4.34.